The van der Waals surface area contributed by atoms with Gasteiger partial charge in [-0.1, -0.05) is 6.42 Å². The molecule has 2 bridgehead atoms. The van der Waals surface area contributed by atoms with Crippen molar-refractivity contribution in [1.82, 2.24) is 4.72 Å². The largest absolute Gasteiger partial charge is 0.380 e. The molecule has 3 aliphatic rings. The first-order chi connectivity index (χ1) is 9.56. The van der Waals surface area contributed by atoms with Crippen LogP contribution in [-0.2, 0) is 14.8 Å². The second-order valence-electron chi connectivity index (χ2n) is 6.71. The molecule has 0 amide bonds. The summed E-state index contributed by atoms with van der Waals surface area (Å²) in [7, 11) is -3.26. The number of ether oxygens (including phenoxy) is 1. The molecule has 3 N–H and O–H groups in total. The van der Waals surface area contributed by atoms with E-state index in [9.17, 15) is 8.42 Å². The molecule has 7 heteroatoms. The smallest absolute Gasteiger partial charge is 0.217 e. The van der Waals surface area contributed by atoms with Crippen LogP contribution < -0.4 is 10.5 Å². The maximum absolute atomic E-state index is 12.5. The molecule has 0 radical (unpaired) electrons. The van der Waals surface area contributed by atoms with Gasteiger partial charge in [-0.2, -0.15) is 0 Å². The number of halogens is 1. The van der Waals surface area contributed by atoms with Gasteiger partial charge in [0.1, 0.15) is 0 Å². The van der Waals surface area contributed by atoms with Crippen molar-refractivity contribution in [3.8, 4) is 0 Å². The van der Waals surface area contributed by atoms with Crippen molar-refractivity contribution in [3.63, 3.8) is 0 Å². The van der Waals surface area contributed by atoms with Crippen LogP contribution in [-0.4, -0.2) is 39.0 Å². The third kappa shape index (κ3) is 3.91. The molecule has 0 aromatic rings. The van der Waals surface area contributed by atoms with E-state index in [0.717, 1.165) is 38.5 Å². The van der Waals surface area contributed by atoms with Crippen molar-refractivity contribution in [1.29, 1.82) is 0 Å². The van der Waals surface area contributed by atoms with Gasteiger partial charge in [0.2, 0.25) is 10.0 Å². The Kier molecular flexibility index (Phi) is 5.93. The third-order valence-electron chi connectivity index (χ3n) is 5.23. The van der Waals surface area contributed by atoms with Gasteiger partial charge in [-0.05, 0) is 50.4 Å². The van der Waals surface area contributed by atoms with Crippen LogP contribution >= 0.6 is 12.4 Å². The molecule has 0 spiro atoms. The maximum Gasteiger partial charge on any atom is 0.217 e. The quantitative estimate of drug-likeness (QED) is 0.815. The number of hydrogen-bond acceptors (Lipinski definition) is 4. The predicted octanol–water partition coefficient (Wildman–Crippen LogP) is 1.41. The van der Waals surface area contributed by atoms with Crippen LogP contribution in [0.1, 0.15) is 44.9 Å². The molecule has 5 nitrogen and oxygen atoms in total. The Bertz CT molecular complexity index is 426. The van der Waals surface area contributed by atoms with Gasteiger partial charge >= 0.3 is 0 Å². The molecule has 21 heavy (non-hydrogen) atoms. The van der Waals surface area contributed by atoms with E-state index in [1.54, 1.807) is 0 Å². The summed E-state index contributed by atoms with van der Waals surface area (Å²) in [6, 6.07) is 0.361. The Balaban J connectivity index is 0.00000161. The highest BCUT2D eigenvalue weighted by molar-refractivity contribution is 7.90. The van der Waals surface area contributed by atoms with E-state index < -0.39 is 10.0 Å². The van der Waals surface area contributed by atoms with E-state index in [4.69, 9.17) is 10.5 Å². The van der Waals surface area contributed by atoms with E-state index in [1.807, 2.05) is 0 Å². The monoisotopic (exact) mass is 338 g/mol. The zero-order valence-electron chi connectivity index (χ0n) is 12.4. The topological polar surface area (TPSA) is 81.4 Å². The van der Waals surface area contributed by atoms with Crippen molar-refractivity contribution in [2.45, 2.75) is 62.3 Å². The van der Waals surface area contributed by atoms with Gasteiger partial charge in [0.05, 0.1) is 11.9 Å². The highest BCUT2D eigenvalue weighted by Crippen LogP contribution is 2.40. The Morgan fingerprint density at radius 1 is 1.05 bits per heavy atom. The van der Waals surface area contributed by atoms with Gasteiger partial charge in [-0.3, -0.25) is 0 Å². The maximum atomic E-state index is 12.5. The van der Waals surface area contributed by atoms with Gasteiger partial charge in [-0.25, -0.2) is 13.1 Å². The first kappa shape index (κ1) is 17.5. The normalized spacial score (nSPS) is 40.3. The molecule has 3 rings (SSSR count). The zero-order chi connectivity index (χ0) is 14.2. The van der Waals surface area contributed by atoms with Crippen LogP contribution in [0.3, 0.4) is 0 Å². The fourth-order valence-electron chi connectivity index (χ4n) is 4.22. The minimum atomic E-state index is -3.26. The molecular formula is C14H27ClN2O3S. The molecule has 1 aliphatic heterocycles. The van der Waals surface area contributed by atoms with Crippen molar-refractivity contribution < 1.29 is 13.2 Å². The van der Waals surface area contributed by atoms with Gasteiger partial charge in [0.15, 0.2) is 0 Å². The van der Waals surface area contributed by atoms with Gasteiger partial charge in [-0.15, -0.1) is 12.4 Å². The van der Waals surface area contributed by atoms with Crippen molar-refractivity contribution in [3.05, 3.63) is 0 Å². The molecular weight excluding hydrogens is 312 g/mol. The Labute approximate surface area is 133 Å². The van der Waals surface area contributed by atoms with Crippen LogP contribution in [0.4, 0.5) is 0 Å². The highest BCUT2D eigenvalue weighted by atomic mass is 35.5. The highest BCUT2D eigenvalue weighted by Gasteiger charge is 2.42. The van der Waals surface area contributed by atoms with Gasteiger partial charge in [0, 0.05) is 18.7 Å². The molecule has 3 fully saturated rings. The molecule has 3 atom stereocenters. The Hall–Kier alpha value is 0.120. The predicted molar refractivity (Wildman–Crippen MR) is 85.0 cm³/mol. The molecule has 0 aromatic heterocycles. The van der Waals surface area contributed by atoms with E-state index in [0.29, 0.717) is 25.0 Å². The van der Waals surface area contributed by atoms with Crippen LogP contribution in [0.5, 0.6) is 0 Å². The zero-order valence-corrected chi connectivity index (χ0v) is 14.0. The van der Waals surface area contributed by atoms with Crippen LogP contribution in [0, 0.1) is 11.8 Å². The fourth-order valence-corrected chi connectivity index (χ4v) is 5.93. The summed E-state index contributed by atoms with van der Waals surface area (Å²) in [5.74, 6) is 0.855. The summed E-state index contributed by atoms with van der Waals surface area (Å²) in [5, 5.41) is -0.368. The van der Waals surface area contributed by atoms with E-state index in [2.05, 4.69) is 4.72 Å². The molecule has 1 heterocycles. The van der Waals surface area contributed by atoms with E-state index in [1.165, 1.54) is 6.42 Å². The average Bonchev–Trinajstić information content (AvgIpc) is 2.41. The molecule has 2 aliphatic carbocycles. The van der Waals surface area contributed by atoms with Gasteiger partial charge in [0.25, 0.3) is 0 Å². The minimum absolute atomic E-state index is 0. The molecule has 2 saturated carbocycles. The van der Waals surface area contributed by atoms with E-state index >= 15 is 0 Å². The summed E-state index contributed by atoms with van der Waals surface area (Å²) in [4.78, 5) is 0. The first-order valence-electron chi connectivity index (χ1n) is 7.91. The lowest BCUT2D eigenvalue weighted by atomic mass is 9.67. The lowest BCUT2D eigenvalue weighted by Crippen LogP contribution is -2.55. The number of sulfonamides is 1. The third-order valence-corrected chi connectivity index (χ3v) is 7.08. The fraction of sp³-hybridized carbons (Fsp3) is 1.00. The molecule has 3 unspecified atom stereocenters. The number of nitrogens with one attached hydrogen (secondary N) is 1. The average molecular weight is 339 g/mol. The SMILES string of the molecule is Cl.NC1CC2CCCC(C1)C2NS(=O)(=O)C1CCCOC1. The lowest BCUT2D eigenvalue weighted by Gasteiger charge is -2.45. The number of hydrogen-bond donors (Lipinski definition) is 2. The number of fused-ring (bicyclic) bond motifs is 2. The van der Waals surface area contributed by atoms with E-state index in [-0.39, 0.29) is 29.7 Å². The molecule has 1 saturated heterocycles. The summed E-state index contributed by atoms with van der Waals surface area (Å²) in [5.41, 5.74) is 6.10. The minimum Gasteiger partial charge on any atom is -0.380 e. The van der Waals surface area contributed by atoms with Gasteiger partial charge < -0.3 is 10.5 Å². The van der Waals surface area contributed by atoms with Crippen molar-refractivity contribution in [2.75, 3.05) is 13.2 Å². The van der Waals surface area contributed by atoms with Crippen molar-refractivity contribution >= 4 is 22.4 Å². The summed E-state index contributed by atoms with van der Waals surface area (Å²) < 4.78 is 33.4. The summed E-state index contributed by atoms with van der Waals surface area (Å²) in [6.07, 6.45) is 6.92. The van der Waals surface area contributed by atoms with Crippen LogP contribution in [0.15, 0.2) is 0 Å². The van der Waals surface area contributed by atoms with Crippen LogP contribution in [0.2, 0.25) is 0 Å². The number of nitrogens with two attached hydrogens (primary N) is 1. The van der Waals surface area contributed by atoms with Crippen molar-refractivity contribution in [2.24, 2.45) is 17.6 Å². The summed E-state index contributed by atoms with van der Waals surface area (Å²) in [6.45, 7) is 1.03. The van der Waals surface area contributed by atoms with Crippen LogP contribution in [0.25, 0.3) is 0 Å². The standard InChI is InChI=1S/C14H26N2O3S.ClH/c15-12-7-10-3-1-4-11(8-12)14(10)16-20(17,18)13-5-2-6-19-9-13;/h10-14,16H,1-9,15H2;1H. The lowest BCUT2D eigenvalue weighted by molar-refractivity contribution is 0.0965. The Morgan fingerprint density at radius 2 is 1.71 bits per heavy atom. The first-order valence-corrected chi connectivity index (χ1v) is 9.45. The Morgan fingerprint density at radius 3 is 2.29 bits per heavy atom. The molecule has 124 valence electrons. The number of rotatable bonds is 3. The summed E-state index contributed by atoms with van der Waals surface area (Å²) >= 11 is 0. The molecule has 0 aromatic carbocycles. The second-order valence-corrected chi connectivity index (χ2v) is 8.70. The second kappa shape index (κ2) is 7.13.